The first-order valence-electron chi connectivity index (χ1n) is 6.02. The monoisotopic (exact) mass is 272 g/mol. The first-order chi connectivity index (χ1) is 8.24. The number of carbonyl (C=O) groups excluding carboxylic acids is 1. The molecule has 0 aliphatic heterocycles. The Labute approximate surface area is 113 Å². The van der Waals surface area contributed by atoms with Gasteiger partial charge in [0, 0.05) is 18.8 Å². The number of aryl methyl sites for hydroxylation is 2. The van der Waals surface area contributed by atoms with Crippen molar-refractivity contribution < 1.29 is 4.79 Å². The van der Waals surface area contributed by atoms with E-state index in [0.29, 0.717) is 18.0 Å². The number of halogens is 1. The smallest absolute Gasteiger partial charge is 0.237 e. The second kappa shape index (κ2) is 5.71. The van der Waals surface area contributed by atoms with Gasteiger partial charge in [-0.3, -0.25) is 9.48 Å². The summed E-state index contributed by atoms with van der Waals surface area (Å²) in [6, 6.07) is 0.186. The summed E-state index contributed by atoms with van der Waals surface area (Å²) in [6.07, 6.45) is 2.33. The van der Waals surface area contributed by atoms with Gasteiger partial charge in [-0.1, -0.05) is 11.6 Å². The molecule has 0 aromatic carbocycles. The Kier molecular flexibility index (Phi) is 4.76. The third-order valence-electron chi connectivity index (χ3n) is 2.88. The van der Waals surface area contributed by atoms with Gasteiger partial charge in [-0.15, -0.1) is 0 Å². The minimum absolute atomic E-state index is 0.186. The van der Waals surface area contributed by atoms with E-state index >= 15 is 0 Å². The Morgan fingerprint density at radius 3 is 2.67 bits per heavy atom. The SMILES string of the molecule is Cc1nn(CCC(C)(NC(C)C)C(N)=O)cc1Cl. The number of rotatable bonds is 6. The number of amides is 1. The summed E-state index contributed by atoms with van der Waals surface area (Å²) in [5.41, 5.74) is 5.51. The number of nitrogens with one attached hydrogen (secondary N) is 1. The van der Waals surface area contributed by atoms with Crippen LogP contribution in [-0.2, 0) is 11.3 Å². The van der Waals surface area contributed by atoms with E-state index in [1.807, 2.05) is 27.7 Å². The van der Waals surface area contributed by atoms with E-state index in [4.69, 9.17) is 17.3 Å². The Bertz CT molecular complexity index is 410. The lowest BCUT2D eigenvalue weighted by molar-refractivity contribution is -0.124. The lowest BCUT2D eigenvalue weighted by Gasteiger charge is -2.29. The van der Waals surface area contributed by atoms with Crippen molar-refractivity contribution in [2.75, 3.05) is 0 Å². The molecule has 3 N–H and O–H groups in total. The van der Waals surface area contributed by atoms with E-state index in [2.05, 4.69) is 10.4 Å². The van der Waals surface area contributed by atoms with Gasteiger partial charge >= 0.3 is 0 Å². The Morgan fingerprint density at radius 1 is 1.67 bits per heavy atom. The molecule has 102 valence electrons. The van der Waals surface area contributed by atoms with Gasteiger partial charge in [-0.2, -0.15) is 5.10 Å². The van der Waals surface area contributed by atoms with Crippen LogP contribution in [0.25, 0.3) is 0 Å². The molecule has 0 bridgehead atoms. The van der Waals surface area contributed by atoms with Gasteiger partial charge in [0.2, 0.25) is 5.91 Å². The Hall–Kier alpha value is -1.07. The maximum atomic E-state index is 11.6. The van der Waals surface area contributed by atoms with Crippen molar-refractivity contribution in [3.8, 4) is 0 Å². The fourth-order valence-corrected chi connectivity index (χ4v) is 2.00. The van der Waals surface area contributed by atoms with Gasteiger partial charge in [0.1, 0.15) is 0 Å². The molecule has 0 aliphatic carbocycles. The molecule has 18 heavy (non-hydrogen) atoms. The van der Waals surface area contributed by atoms with Gasteiger partial charge in [0.15, 0.2) is 0 Å². The van der Waals surface area contributed by atoms with Crippen LogP contribution in [0.4, 0.5) is 0 Å². The molecule has 0 radical (unpaired) electrons. The van der Waals surface area contributed by atoms with Crippen LogP contribution in [0.3, 0.4) is 0 Å². The minimum Gasteiger partial charge on any atom is -0.368 e. The summed E-state index contributed by atoms with van der Waals surface area (Å²) in [6.45, 7) is 8.21. The summed E-state index contributed by atoms with van der Waals surface area (Å²) in [4.78, 5) is 11.6. The minimum atomic E-state index is -0.736. The van der Waals surface area contributed by atoms with Crippen LogP contribution in [0.5, 0.6) is 0 Å². The van der Waals surface area contributed by atoms with E-state index in [0.717, 1.165) is 5.69 Å². The molecule has 1 amide bonds. The zero-order chi connectivity index (χ0) is 13.9. The first kappa shape index (κ1) is 15.0. The van der Waals surface area contributed by atoms with Crippen LogP contribution in [0.15, 0.2) is 6.20 Å². The van der Waals surface area contributed by atoms with Crippen molar-refractivity contribution in [2.45, 2.75) is 52.2 Å². The van der Waals surface area contributed by atoms with Gasteiger partial charge in [0.05, 0.1) is 16.3 Å². The van der Waals surface area contributed by atoms with E-state index in [1.165, 1.54) is 0 Å². The topological polar surface area (TPSA) is 72.9 Å². The zero-order valence-electron chi connectivity index (χ0n) is 11.3. The number of hydrogen-bond acceptors (Lipinski definition) is 3. The molecule has 0 fully saturated rings. The van der Waals surface area contributed by atoms with Crippen LogP contribution in [0.1, 0.15) is 32.9 Å². The first-order valence-corrected chi connectivity index (χ1v) is 6.39. The van der Waals surface area contributed by atoms with Gasteiger partial charge < -0.3 is 11.1 Å². The van der Waals surface area contributed by atoms with Crippen molar-refractivity contribution in [3.63, 3.8) is 0 Å². The molecule has 1 aromatic rings. The molecule has 1 unspecified atom stereocenters. The largest absolute Gasteiger partial charge is 0.368 e. The predicted molar refractivity (Wildman–Crippen MR) is 72.5 cm³/mol. The maximum absolute atomic E-state index is 11.6. The van der Waals surface area contributed by atoms with Crippen molar-refractivity contribution in [1.82, 2.24) is 15.1 Å². The van der Waals surface area contributed by atoms with Crippen LogP contribution in [0.2, 0.25) is 5.02 Å². The number of nitrogens with two attached hydrogens (primary N) is 1. The Balaban J connectivity index is 2.71. The summed E-state index contributed by atoms with van der Waals surface area (Å²) >= 11 is 5.94. The van der Waals surface area contributed by atoms with Gasteiger partial charge in [0.25, 0.3) is 0 Å². The zero-order valence-corrected chi connectivity index (χ0v) is 12.1. The molecule has 0 saturated heterocycles. The summed E-state index contributed by atoms with van der Waals surface area (Å²) in [7, 11) is 0. The van der Waals surface area contributed by atoms with E-state index in [9.17, 15) is 4.79 Å². The number of carbonyl (C=O) groups is 1. The average Bonchev–Trinajstić information content (AvgIpc) is 2.54. The second-order valence-corrected chi connectivity index (χ2v) is 5.48. The fourth-order valence-electron chi connectivity index (χ4n) is 1.85. The lowest BCUT2D eigenvalue weighted by Crippen LogP contribution is -2.55. The molecule has 0 aliphatic rings. The molecule has 0 spiro atoms. The molecule has 1 aromatic heterocycles. The molecule has 0 saturated carbocycles. The van der Waals surface area contributed by atoms with Crippen LogP contribution >= 0.6 is 11.6 Å². The third kappa shape index (κ3) is 3.71. The average molecular weight is 273 g/mol. The molecule has 1 heterocycles. The third-order valence-corrected chi connectivity index (χ3v) is 3.25. The van der Waals surface area contributed by atoms with Crippen LogP contribution in [0, 0.1) is 6.92 Å². The molecular weight excluding hydrogens is 252 g/mol. The summed E-state index contributed by atoms with van der Waals surface area (Å²) in [5.74, 6) is -0.355. The molecule has 6 heteroatoms. The second-order valence-electron chi connectivity index (χ2n) is 5.07. The van der Waals surface area contributed by atoms with E-state index in [1.54, 1.807) is 10.9 Å². The van der Waals surface area contributed by atoms with Gasteiger partial charge in [-0.05, 0) is 34.1 Å². The van der Waals surface area contributed by atoms with Crippen molar-refractivity contribution >= 4 is 17.5 Å². The highest BCUT2D eigenvalue weighted by Gasteiger charge is 2.31. The van der Waals surface area contributed by atoms with Crippen LogP contribution < -0.4 is 11.1 Å². The maximum Gasteiger partial charge on any atom is 0.237 e. The van der Waals surface area contributed by atoms with Crippen LogP contribution in [-0.4, -0.2) is 27.3 Å². The highest BCUT2D eigenvalue weighted by atomic mass is 35.5. The molecular formula is C12H21ClN4O. The molecule has 1 rings (SSSR count). The molecule has 1 atom stereocenters. The Morgan fingerprint density at radius 2 is 2.28 bits per heavy atom. The highest BCUT2D eigenvalue weighted by Crippen LogP contribution is 2.15. The van der Waals surface area contributed by atoms with Crippen molar-refractivity contribution in [3.05, 3.63) is 16.9 Å². The van der Waals surface area contributed by atoms with E-state index in [-0.39, 0.29) is 11.9 Å². The predicted octanol–water partition coefficient (Wildman–Crippen LogP) is 1.48. The number of aromatic nitrogens is 2. The summed E-state index contributed by atoms with van der Waals surface area (Å²) < 4.78 is 1.74. The van der Waals surface area contributed by atoms with Crippen molar-refractivity contribution in [1.29, 1.82) is 0 Å². The standard InChI is InChI=1S/C12H21ClN4O/c1-8(2)15-12(4,11(14)18)5-6-17-7-10(13)9(3)16-17/h7-8,15H,5-6H2,1-4H3,(H2,14,18). The lowest BCUT2D eigenvalue weighted by atomic mass is 9.96. The number of primary amides is 1. The number of hydrogen-bond donors (Lipinski definition) is 2. The molecule has 5 nitrogen and oxygen atoms in total. The fraction of sp³-hybridized carbons (Fsp3) is 0.667. The van der Waals surface area contributed by atoms with E-state index < -0.39 is 5.54 Å². The number of nitrogens with zero attached hydrogens (tertiary/aromatic N) is 2. The quantitative estimate of drug-likeness (QED) is 0.824. The summed E-state index contributed by atoms with van der Waals surface area (Å²) in [5, 5.41) is 8.09. The normalized spacial score (nSPS) is 14.8. The van der Waals surface area contributed by atoms with Crippen molar-refractivity contribution in [2.24, 2.45) is 5.73 Å². The van der Waals surface area contributed by atoms with Gasteiger partial charge in [-0.25, -0.2) is 0 Å². The highest BCUT2D eigenvalue weighted by molar-refractivity contribution is 6.31.